The maximum atomic E-state index is 6.53. The van der Waals surface area contributed by atoms with Crippen molar-refractivity contribution in [3.63, 3.8) is 0 Å². The lowest BCUT2D eigenvalue weighted by Crippen LogP contribution is -2.41. The minimum absolute atomic E-state index is 0.454. The highest BCUT2D eigenvalue weighted by molar-refractivity contribution is 6.62. The molecule has 0 atom stereocenters. The third kappa shape index (κ3) is 9.64. The van der Waals surface area contributed by atoms with Crippen molar-refractivity contribution in [3.05, 3.63) is 249 Å². The van der Waals surface area contributed by atoms with Crippen molar-refractivity contribution < 1.29 is 18.6 Å². The van der Waals surface area contributed by atoms with Gasteiger partial charge >= 0.3 is 14.2 Å². The van der Waals surface area contributed by atoms with E-state index in [1.165, 1.54) is 16.7 Å². The molecule has 0 N–H and O–H groups in total. The van der Waals surface area contributed by atoms with Crippen LogP contribution in [-0.2, 0) is 18.6 Å². The molecule has 0 saturated carbocycles. The van der Waals surface area contributed by atoms with E-state index in [2.05, 4.69) is 318 Å². The van der Waals surface area contributed by atoms with E-state index in [4.69, 9.17) is 18.6 Å². The lowest BCUT2D eigenvalue weighted by atomic mass is 9.79. The van der Waals surface area contributed by atoms with E-state index in [-0.39, 0.29) is 0 Å². The molecule has 1 aromatic heterocycles. The normalized spacial score (nSPS) is 16.0. The third-order valence-electron chi connectivity index (χ3n) is 17.3. The summed E-state index contributed by atoms with van der Waals surface area (Å²) in [5, 5.41) is 2.23. The second kappa shape index (κ2) is 20.3. The molecule has 7 nitrogen and oxygen atoms in total. The summed E-state index contributed by atoms with van der Waals surface area (Å²) < 4.78 is 28.5. The first kappa shape index (κ1) is 52.0. The Labute approximate surface area is 477 Å². The second-order valence-electron chi connectivity index (χ2n) is 23.5. The van der Waals surface area contributed by atoms with E-state index in [0.29, 0.717) is 0 Å². The van der Waals surface area contributed by atoms with Crippen molar-refractivity contribution >= 4 is 81.1 Å². The Morgan fingerprint density at radius 1 is 0.284 bits per heavy atom. The molecule has 3 heterocycles. The monoisotopic (exact) mass is 1060 g/mol. The molecule has 0 radical (unpaired) electrons. The van der Waals surface area contributed by atoms with Gasteiger partial charge in [-0.15, -0.1) is 0 Å². The number of hydrogen-bond acceptors (Lipinski definition) is 6. The third-order valence-corrected chi connectivity index (χ3v) is 17.3. The van der Waals surface area contributed by atoms with Gasteiger partial charge < -0.3 is 33.0 Å². The van der Waals surface area contributed by atoms with Crippen LogP contribution in [0.25, 0.3) is 60.9 Å². The Kier molecular flexibility index (Phi) is 13.0. The van der Waals surface area contributed by atoms with Gasteiger partial charge in [0.1, 0.15) is 0 Å². The molecule has 2 aliphatic rings. The van der Waals surface area contributed by atoms with Crippen LogP contribution >= 0.6 is 0 Å². The SMILES string of the molecule is CC1(C)OB(c2ccc(N(c3ccc(-c4ccccc4)cc3)c3ccc4c(c3)c3cc(N(c5ccc(B6OC(C)(C)C(C)(C)O6)cc5)c5ccc(-c6ccccc6)cc5)ccc3n4-c3cccc(-c4ccccc4)c3)cc2)OC1(C)C. The summed E-state index contributed by atoms with van der Waals surface area (Å²) >= 11 is 0. The van der Waals surface area contributed by atoms with Crippen molar-refractivity contribution in [1.82, 2.24) is 4.57 Å². The molecule has 398 valence electrons. The summed E-state index contributed by atoms with van der Waals surface area (Å²) in [4.78, 5) is 4.71. The zero-order valence-electron chi connectivity index (χ0n) is 47.3. The minimum atomic E-state index is -0.478. The fourth-order valence-electron chi connectivity index (χ4n) is 11.3. The summed E-state index contributed by atoms with van der Waals surface area (Å²) in [6, 6.07) is 89.5. The summed E-state index contributed by atoms with van der Waals surface area (Å²) in [6.45, 7) is 16.8. The van der Waals surface area contributed by atoms with Crippen molar-refractivity contribution in [2.24, 2.45) is 0 Å². The molecule has 0 spiro atoms. The van der Waals surface area contributed by atoms with Gasteiger partial charge in [-0.25, -0.2) is 0 Å². The topological polar surface area (TPSA) is 48.3 Å². The molecule has 0 bridgehead atoms. The van der Waals surface area contributed by atoms with Gasteiger partial charge in [0.15, 0.2) is 0 Å². The molecule has 10 aromatic carbocycles. The van der Waals surface area contributed by atoms with E-state index in [0.717, 1.165) is 89.2 Å². The Balaban J connectivity index is 0.983. The van der Waals surface area contributed by atoms with Crippen LogP contribution in [0.4, 0.5) is 34.1 Å². The molecule has 0 aliphatic carbocycles. The molecule has 2 aliphatic heterocycles. The zero-order valence-corrected chi connectivity index (χ0v) is 47.3. The van der Waals surface area contributed by atoms with Gasteiger partial charge in [0, 0.05) is 50.6 Å². The van der Waals surface area contributed by atoms with Crippen LogP contribution in [0.5, 0.6) is 0 Å². The number of benzene rings is 10. The Bertz CT molecular complexity index is 3800. The van der Waals surface area contributed by atoms with Crippen LogP contribution in [0.2, 0.25) is 0 Å². The van der Waals surface area contributed by atoms with Gasteiger partial charge in [-0.3, -0.25) is 0 Å². The van der Waals surface area contributed by atoms with Gasteiger partial charge in [-0.1, -0.05) is 152 Å². The summed E-state index contributed by atoms with van der Waals surface area (Å²) in [5.74, 6) is 0. The van der Waals surface area contributed by atoms with Crippen molar-refractivity contribution in [3.8, 4) is 39.1 Å². The largest absolute Gasteiger partial charge is 0.494 e. The predicted octanol–water partition coefficient (Wildman–Crippen LogP) is 17.3. The maximum Gasteiger partial charge on any atom is 0.494 e. The maximum absolute atomic E-state index is 6.53. The number of aromatic nitrogens is 1. The summed E-state index contributed by atoms with van der Waals surface area (Å²) in [6.07, 6.45) is 0. The number of rotatable bonds is 12. The quantitative estimate of drug-likeness (QED) is 0.114. The van der Waals surface area contributed by atoms with Crippen molar-refractivity contribution in [2.45, 2.75) is 77.8 Å². The van der Waals surface area contributed by atoms with Gasteiger partial charge in [-0.05, 0) is 197 Å². The van der Waals surface area contributed by atoms with Crippen LogP contribution in [-0.4, -0.2) is 41.2 Å². The standard InChI is InChI=1S/C72H65B2N3O4/c1-69(2)70(3,4)79-73(78-69)56-31-39-60(40-32-56)75(58-35-27-53(28-36-58)50-19-12-9-13-20-50)63-43-45-67-65(48-63)66-49-64(44-46-68(66)77(67)62-26-18-25-55(47-62)52-23-16-11-17-24-52)76(59-37-29-54(30-38-59)51-21-14-10-15-22-51)61-41-33-57(34-42-61)74-80-71(5,6)72(7,8)81-74/h9-49H,1-8H3. The highest BCUT2D eigenvalue weighted by Gasteiger charge is 2.52. The fourth-order valence-corrected chi connectivity index (χ4v) is 11.3. The lowest BCUT2D eigenvalue weighted by molar-refractivity contribution is 0.00578. The summed E-state index contributed by atoms with van der Waals surface area (Å²) in [7, 11) is -0.955. The number of hydrogen-bond donors (Lipinski definition) is 0. The summed E-state index contributed by atoms with van der Waals surface area (Å²) in [5.41, 5.74) is 16.5. The van der Waals surface area contributed by atoms with Crippen LogP contribution in [0, 0.1) is 0 Å². The zero-order chi connectivity index (χ0) is 55.7. The van der Waals surface area contributed by atoms with Crippen LogP contribution in [0.3, 0.4) is 0 Å². The average Bonchev–Trinajstić information content (AvgIpc) is 4.10. The van der Waals surface area contributed by atoms with E-state index in [1.54, 1.807) is 0 Å². The average molecular weight is 1060 g/mol. The molecule has 11 aromatic rings. The van der Waals surface area contributed by atoms with Crippen molar-refractivity contribution in [2.75, 3.05) is 9.80 Å². The molecule has 0 unspecified atom stereocenters. The van der Waals surface area contributed by atoms with Crippen molar-refractivity contribution in [1.29, 1.82) is 0 Å². The fraction of sp³-hybridized carbons (Fsp3) is 0.167. The predicted molar refractivity (Wildman–Crippen MR) is 338 cm³/mol. The van der Waals surface area contributed by atoms with Gasteiger partial charge in [0.25, 0.3) is 0 Å². The van der Waals surface area contributed by atoms with Crippen LogP contribution < -0.4 is 20.7 Å². The molecule has 13 rings (SSSR count). The van der Waals surface area contributed by atoms with Gasteiger partial charge in [0.05, 0.1) is 33.4 Å². The van der Waals surface area contributed by atoms with E-state index < -0.39 is 36.6 Å². The molecule has 81 heavy (non-hydrogen) atoms. The van der Waals surface area contributed by atoms with E-state index >= 15 is 0 Å². The first-order valence-corrected chi connectivity index (χ1v) is 28.2. The molecule has 2 fully saturated rings. The Morgan fingerprint density at radius 2 is 0.580 bits per heavy atom. The Hall–Kier alpha value is -8.43. The van der Waals surface area contributed by atoms with E-state index in [9.17, 15) is 0 Å². The second-order valence-corrected chi connectivity index (χ2v) is 23.5. The lowest BCUT2D eigenvalue weighted by Gasteiger charge is -2.32. The van der Waals surface area contributed by atoms with Crippen LogP contribution in [0.15, 0.2) is 249 Å². The first-order valence-electron chi connectivity index (χ1n) is 28.2. The molecule has 9 heteroatoms. The number of anilines is 6. The van der Waals surface area contributed by atoms with Gasteiger partial charge in [0.2, 0.25) is 0 Å². The molecular weight excluding hydrogens is 992 g/mol. The highest BCUT2D eigenvalue weighted by Crippen LogP contribution is 2.45. The van der Waals surface area contributed by atoms with E-state index in [1.807, 2.05) is 0 Å². The first-order chi connectivity index (χ1) is 39.1. The highest BCUT2D eigenvalue weighted by atomic mass is 16.7. The van der Waals surface area contributed by atoms with Gasteiger partial charge in [-0.2, -0.15) is 0 Å². The number of nitrogens with zero attached hydrogens (tertiary/aromatic N) is 3. The molecular formula is C72H65B2N3O4. The Morgan fingerprint density at radius 3 is 0.938 bits per heavy atom. The molecule has 2 saturated heterocycles. The van der Waals surface area contributed by atoms with Crippen LogP contribution in [0.1, 0.15) is 55.4 Å². The minimum Gasteiger partial charge on any atom is -0.399 e. The number of fused-ring (bicyclic) bond motifs is 3. The molecule has 0 amide bonds. The smallest absolute Gasteiger partial charge is 0.399 e.